The first-order valence-corrected chi connectivity index (χ1v) is 18.0. The molecule has 4 aromatic carbocycles. The summed E-state index contributed by atoms with van der Waals surface area (Å²) in [6.45, 7) is 4.83. The molecule has 48 heavy (non-hydrogen) atoms. The third kappa shape index (κ3) is 6.49. The number of hydrogen-bond acceptors (Lipinski definition) is 6. The van der Waals surface area contributed by atoms with Crippen LogP contribution in [0.5, 0.6) is 0 Å². The quantitative estimate of drug-likeness (QED) is 0.188. The predicted molar refractivity (Wildman–Crippen MR) is 194 cm³/mol. The van der Waals surface area contributed by atoms with Gasteiger partial charge in [-0.3, -0.25) is 4.79 Å². The van der Waals surface area contributed by atoms with E-state index < -0.39 is 9.84 Å². The molecule has 244 valence electrons. The van der Waals surface area contributed by atoms with Crippen molar-refractivity contribution in [2.75, 3.05) is 51.7 Å². The molecule has 2 aromatic heterocycles. The molecular weight excluding hydrogens is 619 g/mol. The van der Waals surface area contributed by atoms with E-state index >= 15 is 0 Å². The molecule has 3 heterocycles. The number of fused-ring (bicyclic) bond motifs is 3. The zero-order valence-corrected chi connectivity index (χ0v) is 28.1. The Morgan fingerprint density at radius 3 is 2.25 bits per heavy atom. The van der Waals surface area contributed by atoms with Gasteiger partial charge in [0.15, 0.2) is 9.84 Å². The Bertz CT molecular complexity index is 2170. The highest BCUT2D eigenvalue weighted by Gasteiger charge is 2.21. The smallest absolute Gasteiger partial charge is 0.228 e. The summed E-state index contributed by atoms with van der Waals surface area (Å²) in [6.07, 6.45) is 2.37. The summed E-state index contributed by atoms with van der Waals surface area (Å²) in [7, 11) is 0.455. The number of pyridine rings is 1. The molecule has 1 amide bonds. The molecule has 9 heteroatoms. The molecule has 0 radical (unpaired) electrons. The number of benzene rings is 4. The molecule has 0 unspecified atom stereocenters. The van der Waals surface area contributed by atoms with Crippen molar-refractivity contribution in [3.05, 3.63) is 115 Å². The fraction of sp³-hybridized carbons (Fsp3) is 0.231. The summed E-state index contributed by atoms with van der Waals surface area (Å²) in [6, 6.07) is 32.6. The molecule has 0 bridgehead atoms. The highest BCUT2D eigenvalue weighted by atomic mass is 32.2. The molecule has 1 aliphatic rings. The maximum Gasteiger partial charge on any atom is 0.228 e. The maximum atomic E-state index is 13.3. The maximum absolute atomic E-state index is 13.3. The van der Waals surface area contributed by atoms with E-state index in [-0.39, 0.29) is 11.7 Å². The van der Waals surface area contributed by atoms with Crippen molar-refractivity contribution in [2.24, 2.45) is 0 Å². The Morgan fingerprint density at radius 2 is 1.54 bits per heavy atom. The highest BCUT2D eigenvalue weighted by Crippen LogP contribution is 2.41. The SMILES string of the molecule is CN1CCN(CCC(=O)N(C)c2ccc(-c3cnc4[nH]c5ccc(CS(=O)(=O)c6ccccc6)cc5c4c3-c3ccccc3)cc2)CC1. The van der Waals surface area contributed by atoms with Crippen LogP contribution in [0, 0.1) is 0 Å². The van der Waals surface area contributed by atoms with Crippen LogP contribution >= 0.6 is 0 Å². The third-order valence-corrected chi connectivity index (χ3v) is 11.1. The summed E-state index contributed by atoms with van der Waals surface area (Å²) < 4.78 is 26.5. The van der Waals surface area contributed by atoms with Crippen molar-refractivity contribution < 1.29 is 13.2 Å². The molecular formula is C39H39N5O3S. The normalized spacial score (nSPS) is 14.5. The van der Waals surface area contributed by atoms with Crippen molar-refractivity contribution in [2.45, 2.75) is 17.1 Å². The van der Waals surface area contributed by atoms with Crippen LogP contribution in [0.3, 0.4) is 0 Å². The lowest BCUT2D eigenvalue weighted by Crippen LogP contribution is -2.45. The fourth-order valence-electron chi connectivity index (χ4n) is 6.55. The molecule has 7 rings (SSSR count). The number of rotatable bonds is 9. The Morgan fingerprint density at radius 1 is 0.854 bits per heavy atom. The molecule has 0 spiro atoms. The summed E-state index contributed by atoms with van der Waals surface area (Å²) in [4.78, 5) is 28.1. The van der Waals surface area contributed by atoms with E-state index in [2.05, 4.69) is 34.0 Å². The van der Waals surface area contributed by atoms with E-state index in [1.807, 2.05) is 80.0 Å². The zero-order valence-electron chi connectivity index (χ0n) is 27.3. The first kappa shape index (κ1) is 31.8. The first-order chi connectivity index (χ1) is 23.3. The van der Waals surface area contributed by atoms with E-state index in [1.54, 1.807) is 29.2 Å². The average Bonchev–Trinajstić information content (AvgIpc) is 3.49. The zero-order chi connectivity index (χ0) is 33.3. The Balaban J connectivity index is 1.22. The first-order valence-electron chi connectivity index (χ1n) is 16.3. The van der Waals surface area contributed by atoms with E-state index in [0.717, 1.165) is 82.6 Å². The second kappa shape index (κ2) is 13.4. The van der Waals surface area contributed by atoms with Gasteiger partial charge in [-0.1, -0.05) is 66.7 Å². The average molecular weight is 658 g/mol. The van der Waals surface area contributed by atoms with Crippen LogP contribution in [0.25, 0.3) is 44.2 Å². The van der Waals surface area contributed by atoms with Gasteiger partial charge in [-0.05, 0) is 60.1 Å². The number of nitrogens with zero attached hydrogens (tertiary/aromatic N) is 4. The summed E-state index contributed by atoms with van der Waals surface area (Å²) in [5, 5.41) is 1.86. The Hall–Kier alpha value is -4.83. The minimum absolute atomic E-state index is 0.0959. The highest BCUT2D eigenvalue weighted by molar-refractivity contribution is 7.90. The second-order valence-electron chi connectivity index (χ2n) is 12.6. The number of likely N-dealkylation sites (N-methyl/N-ethyl adjacent to an activating group) is 1. The number of sulfone groups is 1. The van der Waals surface area contributed by atoms with Gasteiger partial charge in [-0.25, -0.2) is 13.4 Å². The van der Waals surface area contributed by atoms with Crippen LogP contribution < -0.4 is 4.90 Å². The van der Waals surface area contributed by atoms with Gasteiger partial charge in [-0.15, -0.1) is 0 Å². The van der Waals surface area contributed by atoms with Crippen molar-refractivity contribution in [3.63, 3.8) is 0 Å². The van der Waals surface area contributed by atoms with Crippen molar-refractivity contribution >= 4 is 43.4 Å². The monoisotopic (exact) mass is 657 g/mol. The molecule has 0 atom stereocenters. The number of aromatic nitrogens is 2. The molecule has 0 saturated carbocycles. The number of carbonyl (C=O) groups is 1. The van der Waals surface area contributed by atoms with Crippen LogP contribution in [-0.2, 0) is 20.4 Å². The number of hydrogen-bond donors (Lipinski definition) is 1. The lowest BCUT2D eigenvalue weighted by molar-refractivity contribution is -0.118. The van der Waals surface area contributed by atoms with Crippen LogP contribution in [0.4, 0.5) is 5.69 Å². The molecule has 0 aliphatic carbocycles. The van der Waals surface area contributed by atoms with Crippen molar-refractivity contribution in [3.8, 4) is 22.3 Å². The van der Waals surface area contributed by atoms with Crippen LogP contribution in [0.2, 0.25) is 0 Å². The number of anilines is 1. The number of amides is 1. The van der Waals surface area contributed by atoms with Gasteiger partial charge in [0.25, 0.3) is 0 Å². The van der Waals surface area contributed by atoms with E-state index in [4.69, 9.17) is 4.98 Å². The summed E-state index contributed by atoms with van der Waals surface area (Å²) >= 11 is 0. The molecule has 8 nitrogen and oxygen atoms in total. The molecule has 1 N–H and O–H groups in total. The second-order valence-corrected chi connectivity index (χ2v) is 14.6. The summed E-state index contributed by atoms with van der Waals surface area (Å²) in [5.41, 5.74) is 7.14. The number of aromatic amines is 1. The van der Waals surface area contributed by atoms with Gasteiger partial charge in [0.1, 0.15) is 5.65 Å². The number of H-pyrrole nitrogens is 1. The van der Waals surface area contributed by atoms with Gasteiger partial charge in [-0.2, -0.15) is 0 Å². The van der Waals surface area contributed by atoms with Crippen LogP contribution in [0.15, 0.2) is 114 Å². The largest absolute Gasteiger partial charge is 0.339 e. The van der Waals surface area contributed by atoms with Gasteiger partial charge in [0, 0.05) is 85.5 Å². The Kier molecular flexibility index (Phi) is 8.83. The lowest BCUT2D eigenvalue weighted by atomic mass is 9.92. The van der Waals surface area contributed by atoms with E-state index in [9.17, 15) is 13.2 Å². The number of nitrogens with one attached hydrogen (secondary N) is 1. The fourth-order valence-corrected chi connectivity index (χ4v) is 7.91. The van der Waals surface area contributed by atoms with Gasteiger partial charge >= 0.3 is 0 Å². The standard InChI is InChI=1S/C39H39N5O3S/c1-42-21-23-44(24-22-42)20-19-36(45)43(2)31-16-14-29(15-17-31)34-26-40-39-38(37(34)30-9-5-3-6-10-30)33-25-28(13-18-35(33)41-39)27-48(46,47)32-11-7-4-8-12-32/h3-18,25-26H,19-24,27H2,1-2H3,(H,40,41). The van der Waals surface area contributed by atoms with Crippen LogP contribution in [0.1, 0.15) is 12.0 Å². The molecule has 6 aromatic rings. The number of piperazine rings is 1. The van der Waals surface area contributed by atoms with Gasteiger partial charge in [0.05, 0.1) is 10.6 Å². The Labute approximate surface area is 281 Å². The van der Waals surface area contributed by atoms with Gasteiger partial charge in [0.2, 0.25) is 5.91 Å². The minimum atomic E-state index is -3.52. The van der Waals surface area contributed by atoms with Crippen molar-refractivity contribution in [1.82, 2.24) is 19.8 Å². The minimum Gasteiger partial charge on any atom is -0.339 e. The molecule has 1 fully saturated rings. The van der Waals surface area contributed by atoms with E-state index in [1.165, 1.54) is 0 Å². The molecule has 1 aliphatic heterocycles. The molecule has 1 saturated heterocycles. The topological polar surface area (TPSA) is 89.6 Å². The number of carbonyl (C=O) groups excluding carboxylic acids is 1. The van der Waals surface area contributed by atoms with E-state index in [0.29, 0.717) is 16.9 Å². The van der Waals surface area contributed by atoms with Crippen molar-refractivity contribution in [1.29, 1.82) is 0 Å². The summed E-state index contributed by atoms with van der Waals surface area (Å²) in [5.74, 6) is -0.00476. The van der Waals surface area contributed by atoms with Crippen LogP contribution in [-0.4, -0.2) is 80.9 Å². The van der Waals surface area contributed by atoms with Gasteiger partial charge < -0.3 is 19.7 Å². The predicted octanol–water partition coefficient (Wildman–Crippen LogP) is 6.62. The lowest BCUT2D eigenvalue weighted by Gasteiger charge is -2.32. The third-order valence-electron chi connectivity index (χ3n) is 9.38.